The molecule has 0 aliphatic carbocycles. The van der Waals surface area contributed by atoms with Gasteiger partial charge in [-0.05, 0) is 37.2 Å². The molecule has 0 N–H and O–H groups in total. The van der Waals surface area contributed by atoms with E-state index in [4.69, 9.17) is 4.43 Å². The Morgan fingerprint density at radius 2 is 1.75 bits per heavy atom. The fourth-order valence-corrected chi connectivity index (χ4v) is 5.24. The standard InChI is InChI=1S/C9H22OSSi/c1-4-10-12(5-2,6-3)9-7-8-11/h11H,4-9H2,1-3H3. The van der Waals surface area contributed by atoms with E-state index in [0.717, 1.165) is 12.4 Å². The topological polar surface area (TPSA) is 9.23 Å². The van der Waals surface area contributed by atoms with Crippen LogP contribution in [0, 0.1) is 0 Å². The van der Waals surface area contributed by atoms with Crippen molar-refractivity contribution in [2.45, 2.75) is 45.3 Å². The quantitative estimate of drug-likeness (QED) is 0.496. The second-order valence-electron chi connectivity index (χ2n) is 3.15. The maximum absolute atomic E-state index is 5.93. The Labute approximate surface area is 83.4 Å². The minimum Gasteiger partial charge on any atom is -0.417 e. The molecule has 0 aromatic heterocycles. The predicted molar refractivity (Wildman–Crippen MR) is 61.6 cm³/mol. The average molecular weight is 206 g/mol. The van der Waals surface area contributed by atoms with Gasteiger partial charge in [0.1, 0.15) is 0 Å². The van der Waals surface area contributed by atoms with Gasteiger partial charge in [-0.2, -0.15) is 12.6 Å². The van der Waals surface area contributed by atoms with E-state index in [1.807, 2.05) is 0 Å². The molecule has 0 aromatic rings. The largest absolute Gasteiger partial charge is 0.417 e. The fraction of sp³-hybridized carbons (Fsp3) is 1.00. The van der Waals surface area contributed by atoms with Crippen molar-refractivity contribution in [2.24, 2.45) is 0 Å². The first-order valence-corrected chi connectivity index (χ1v) is 8.15. The molecule has 0 spiro atoms. The van der Waals surface area contributed by atoms with Crippen molar-refractivity contribution in [3.05, 3.63) is 0 Å². The van der Waals surface area contributed by atoms with Crippen molar-refractivity contribution in [3.8, 4) is 0 Å². The molecule has 0 radical (unpaired) electrons. The third kappa shape index (κ3) is 3.96. The van der Waals surface area contributed by atoms with E-state index in [1.54, 1.807) is 0 Å². The summed E-state index contributed by atoms with van der Waals surface area (Å²) in [5.41, 5.74) is 0. The molecule has 0 saturated heterocycles. The first-order valence-electron chi connectivity index (χ1n) is 4.99. The molecule has 0 fully saturated rings. The van der Waals surface area contributed by atoms with Crippen molar-refractivity contribution in [2.75, 3.05) is 12.4 Å². The average Bonchev–Trinajstić information content (AvgIpc) is 2.13. The van der Waals surface area contributed by atoms with Gasteiger partial charge < -0.3 is 4.43 Å². The molecular weight excluding hydrogens is 184 g/mol. The van der Waals surface area contributed by atoms with Gasteiger partial charge in [-0.1, -0.05) is 13.8 Å². The van der Waals surface area contributed by atoms with Gasteiger partial charge >= 0.3 is 0 Å². The summed E-state index contributed by atoms with van der Waals surface area (Å²) in [6, 6.07) is 3.80. The molecule has 0 heterocycles. The van der Waals surface area contributed by atoms with E-state index >= 15 is 0 Å². The molecule has 0 saturated carbocycles. The summed E-state index contributed by atoms with van der Waals surface area (Å²) < 4.78 is 5.93. The van der Waals surface area contributed by atoms with Gasteiger partial charge in [-0.3, -0.25) is 0 Å². The third-order valence-electron chi connectivity index (χ3n) is 2.53. The van der Waals surface area contributed by atoms with Gasteiger partial charge in [0.15, 0.2) is 8.32 Å². The van der Waals surface area contributed by atoms with Crippen molar-refractivity contribution in [1.29, 1.82) is 0 Å². The number of thiol groups is 1. The lowest BCUT2D eigenvalue weighted by atomic mass is 10.6. The van der Waals surface area contributed by atoms with Crippen molar-refractivity contribution >= 4 is 20.9 Å². The van der Waals surface area contributed by atoms with Crippen LogP contribution in [-0.4, -0.2) is 20.7 Å². The molecule has 0 aliphatic rings. The van der Waals surface area contributed by atoms with Crippen molar-refractivity contribution < 1.29 is 4.43 Å². The molecular formula is C9H22OSSi. The lowest BCUT2D eigenvalue weighted by Crippen LogP contribution is -2.36. The van der Waals surface area contributed by atoms with Crippen LogP contribution in [0.25, 0.3) is 0 Å². The van der Waals surface area contributed by atoms with Crippen molar-refractivity contribution in [1.82, 2.24) is 0 Å². The van der Waals surface area contributed by atoms with Crippen LogP contribution in [0.15, 0.2) is 0 Å². The second-order valence-corrected chi connectivity index (χ2v) is 8.17. The Morgan fingerprint density at radius 1 is 1.17 bits per heavy atom. The molecule has 0 amide bonds. The Hall–Kier alpha value is 0.527. The first-order chi connectivity index (χ1) is 5.74. The maximum atomic E-state index is 5.93. The molecule has 74 valence electrons. The van der Waals surface area contributed by atoms with E-state index in [-0.39, 0.29) is 0 Å². The molecule has 0 aromatic carbocycles. The highest BCUT2D eigenvalue weighted by atomic mass is 32.1. The minimum atomic E-state index is -1.31. The lowest BCUT2D eigenvalue weighted by Gasteiger charge is -2.28. The first kappa shape index (κ1) is 12.5. The molecule has 0 aliphatic heterocycles. The summed E-state index contributed by atoms with van der Waals surface area (Å²) in [7, 11) is -1.31. The highest BCUT2D eigenvalue weighted by Crippen LogP contribution is 2.23. The van der Waals surface area contributed by atoms with Gasteiger partial charge in [0.2, 0.25) is 0 Å². The van der Waals surface area contributed by atoms with E-state index < -0.39 is 8.32 Å². The summed E-state index contributed by atoms with van der Waals surface area (Å²) in [5, 5.41) is 0. The Morgan fingerprint density at radius 3 is 2.08 bits per heavy atom. The summed E-state index contributed by atoms with van der Waals surface area (Å²) in [4.78, 5) is 0. The van der Waals surface area contributed by atoms with Crippen LogP contribution in [0.4, 0.5) is 0 Å². The molecule has 1 nitrogen and oxygen atoms in total. The summed E-state index contributed by atoms with van der Waals surface area (Å²) in [6.07, 6.45) is 1.22. The van der Waals surface area contributed by atoms with Gasteiger partial charge in [0.05, 0.1) is 0 Å². The Balaban J connectivity index is 3.95. The zero-order valence-electron chi connectivity index (χ0n) is 8.60. The highest BCUT2D eigenvalue weighted by Gasteiger charge is 2.29. The van der Waals surface area contributed by atoms with Crippen LogP contribution in [0.5, 0.6) is 0 Å². The van der Waals surface area contributed by atoms with E-state index in [2.05, 4.69) is 33.4 Å². The molecule has 12 heavy (non-hydrogen) atoms. The zero-order chi connectivity index (χ0) is 9.45. The molecule has 0 rings (SSSR count). The Kier molecular flexibility index (Phi) is 7.29. The molecule has 0 unspecified atom stereocenters. The van der Waals surface area contributed by atoms with Gasteiger partial charge in [0, 0.05) is 6.61 Å². The normalized spacial score (nSPS) is 12.0. The van der Waals surface area contributed by atoms with Crippen LogP contribution >= 0.6 is 12.6 Å². The summed E-state index contributed by atoms with van der Waals surface area (Å²) in [6.45, 7) is 7.53. The predicted octanol–water partition coefficient (Wildman–Crippen LogP) is 3.33. The van der Waals surface area contributed by atoms with E-state index in [9.17, 15) is 0 Å². The second kappa shape index (κ2) is 6.98. The number of hydrogen-bond acceptors (Lipinski definition) is 2. The monoisotopic (exact) mass is 206 g/mol. The van der Waals surface area contributed by atoms with Crippen LogP contribution in [0.1, 0.15) is 27.2 Å². The third-order valence-corrected chi connectivity index (χ3v) is 7.59. The molecule has 0 bridgehead atoms. The highest BCUT2D eigenvalue weighted by molar-refractivity contribution is 7.80. The SMILES string of the molecule is CCO[Si](CC)(CC)CCCS. The molecule has 3 heteroatoms. The maximum Gasteiger partial charge on any atom is 0.192 e. The Bertz CT molecular complexity index is 105. The van der Waals surface area contributed by atoms with Crippen LogP contribution in [0.2, 0.25) is 18.1 Å². The fourth-order valence-electron chi connectivity index (χ4n) is 1.59. The van der Waals surface area contributed by atoms with Crippen LogP contribution in [-0.2, 0) is 4.43 Å². The summed E-state index contributed by atoms with van der Waals surface area (Å²) in [5.74, 6) is 1.00. The van der Waals surface area contributed by atoms with Crippen molar-refractivity contribution in [3.63, 3.8) is 0 Å². The smallest absolute Gasteiger partial charge is 0.192 e. The van der Waals surface area contributed by atoms with Gasteiger partial charge in [-0.25, -0.2) is 0 Å². The van der Waals surface area contributed by atoms with Crippen LogP contribution < -0.4 is 0 Å². The molecule has 0 atom stereocenters. The van der Waals surface area contributed by atoms with Gasteiger partial charge in [-0.15, -0.1) is 0 Å². The zero-order valence-corrected chi connectivity index (χ0v) is 10.5. The van der Waals surface area contributed by atoms with E-state index in [0.29, 0.717) is 0 Å². The van der Waals surface area contributed by atoms with Gasteiger partial charge in [0.25, 0.3) is 0 Å². The van der Waals surface area contributed by atoms with E-state index in [1.165, 1.54) is 24.6 Å². The summed E-state index contributed by atoms with van der Waals surface area (Å²) >= 11 is 4.24. The number of hydrogen-bond donors (Lipinski definition) is 1. The lowest BCUT2D eigenvalue weighted by molar-refractivity contribution is 0.319. The minimum absolute atomic E-state index is 0.889. The van der Waals surface area contributed by atoms with Crippen LogP contribution in [0.3, 0.4) is 0 Å². The number of rotatable bonds is 7.